The maximum Gasteiger partial charge on any atom is 0.191 e. The predicted octanol–water partition coefficient (Wildman–Crippen LogP) is 2.14. The largest absolute Gasteiger partial charge is 0.397 e. The maximum absolute atomic E-state index is 5.93. The lowest BCUT2D eigenvalue weighted by atomic mass is 10.2. The van der Waals surface area contributed by atoms with Crippen molar-refractivity contribution in [2.45, 2.75) is 6.92 Å². The summed E-state index contributed by atoms with van der Waals surface area (Å²) < 4.78 is 0. The molecule has 20 heavy (non-hydrogen) atoms. The van der Waals surface area contributed by atoms with Crippen LogP contribution in [0.1, 0.15) is 12.6 Å². The van der Waals surface area contributed by atoms with Crippen molar-refractivity contribution in [1.82, 2.24) is 4.98 Å². The minimum atomic E-state index is 0.123. The molecule has 6 heteroatoms. The molecule has 0 amide bonds. The minimum absolute atomic E-state index is 0.123. The van der Waals surface area contributed by atoms with Gasteiger partial charge in [-0.2, -0.15) is 5.10 Å². The molecule has 2 aromatic rings. The third-order valence-electron chi connectivity index (χ3n) is 2.66. The van der Waals surface area contributed by atoms with E-state index in [-0.39, 0.29) is 5.11 Å². The van der Waals surface area contributed by atoms with E-state index in [2.05, 4.69) is 10.1 Å². The number of rotatable bonds is 3. The van der Waals surface area contributed by atoms with Crippen molar-refractivity contribution in [2.75, 3.05) is 10.7 Å². The highest BCUT2D eigenvalue weighted by molar-refractivity contribution is 7.80. The third kappa shape index (κ3) is 3.10. The van der Waals surface area contributed by atoms with Crippen molar-refractivity contribution in [3.63, 3.8) is 0 Å². The summed E-state index contributed by atoms with van der Waals surface area (Å²) in [6, 6.07) is 12.9. The van der Waals surface area contributed by atoms with Crippen LogP contribution < -0.4 is 16.5 Å². The predicted molar refractivity (Wildman–Crippen MR) is 86.6 cm³/mol. The van der Waals surface area contributed by atoms with Crippen LogP contribution in [0.15, 0.2) is 53.8 Å². The van der Waals surface area contributed by atoms with Crippen LogP contribution in [0, 0.1) is 0 Å². The minimum Gasteiger partial charge on any atom is -0.397 e. The fourth-order valence-electron chi connectivity index (χ4n) is 1.68. The fraction of sp³-hybridized carbons (Fsp3) is 0.0714. The highest BCUT2D eigenvalue weighted by Crippen LogP contribution is 2.23. The summed E-state index contributed by atoms with van der Waals surface area (Å²) >= 11 is 5.05. The Labute approximate surface area is 122 Å². The fourth-order valence-corrected chi connectivity index (χ4v) is 1.82. The van der Waals surface area contributed by atoms with Crippen LogP contribution in [0.3, 0.4) is 0 Å². The molecule has 0 saturated heterocycles. The molecular formula is C14H15N5S. The normalized spacial score (nSPS) is 11.2. The molecule has 5 nitrogen and oxygen atoms in total. The van der Waals surface area contributed by atoms with Gasteiger partial charge in [0.1, 0.15) is 0 Å². The molecule has 102 valence electrons. The van der Waals surface area contributed by atoms with Gasteiger partial charge in [0.2, 0.25) is 0 Å². The SMILES string of the molecule is C/C(=N\N(C(N)=S)c1ccccc1N)c1ccccn1. The highest BCUT2D eigenvalue weighted by Gasteiger charge is 2.12. The van der Waals surface area contributed by atoms with Crippen molar-refractivity contribution in [1.29, 1.82) is 0 Å². The number of hydrogen-bond acceptors (Lipinski definition) is 4. The first-order chi connectivity index (χ1) is 9.59. The molecule has 0 aliphatic rings. The Kier molecular flexibility index (Phi) is 4.27. The Balaban J connectivity index is 2.41. The first-order valence-electron chi connectivity index (χ1n) is 6.00. The molecule has 1 aromatic carbocycles. The molecule has 0 radical (unpaired) electrons. The second kappa shape index (κ2) is 6.12. The van der Waals surface area contributed by atoms with Gasteiger partial charge in [-0.1, -0.05) is 18.2 Å². The van der Waals surface area contributed by atoms with Crippen LogP contribution in [0.4, 0.5) is 11.4 Å². The summed E-state index contributed by atoms with van der Waals surface area (Å²) in [4.78, 5) is 4.23. The van der Waals surface area contributed by atoms with E-state index in [1.807, 2.05) is 43.3 Å². The van der Waals surface area contributed by atoms with E-state index in [0.29, 0.717) is 17.1 Å². The Morgan fingerprint density at radius 2 is 1.90 bits per heavy atom. The molecule has 0 spiro atoms. The summed E-state index contributed by atoms with van der Waals surface area (Å²) in [6.45, 7) is 1.84. The van der Waals surface area contributed by atoms with E-state index < -0.39 is 0 Å². The zero-order valence-corrected chi connectivity index (χ0v) is 11.8. The summed E-state index contributed by atoms with van der Waals surface area (Å²) in [7, 11) is 0. The average molecular weight is 285 g/mol. The molecule has 0 fully saturated rings. The van der Waals surface area contributed by atoms with Gasteiger partial charge in [0.25, 0.3) is 0 Å². The smallest absolute Gasteiger partial charge is 0.191 e. The van der Waals surface area contributed by atoms with Crippen LogP contribution in [0.5, 0.6) is 0 Å². The van der Waals surface area contributed by atoms with Crippen molar-refractivity contribution in [3.05, 3.63) is 54.4 Å². The number of thiocarbonyl (C=S) groups is 1. The topological polar surface area (TPSA) is 80.5 Å². The van der Waals surface area contributed by atoms with Crippen LogP contribution in [-0.4, -0.2) is 15.8 Å². The van der Waals surface area contributed by atoms with Crippen LogP contribution in [-0.2, 0) is 0 Å². The zero-order chi connectivity index (χ0) is 14.5. The van der Waals surface area contributed by atoms with Crippen LogP contribution >= 0.6 is 12.2 Å². The molecule has 2 rings (SSSR count). The number of hydrogen-bond donors (Lipinski definition) is 2. The van der Waals surface area contributed by atoms with Gasteiger partial charge in [-0.05, 0) is 43.4 Å². The van der Waals surface area contributed by atoms with Gasteiger partial charge in [-0.15, -0.1) is 0 Å². The van der Waals surface area contributed by atoms with Crippen molar-refractivity contribution >= 4 is 34.4 Å². The molecular weight excluding hydrogens is 270 g/mol. The standard InChI is InChI=1S/C14H15N5S/c1-10(12-7-4-5-9-17-12)18-19(14(16)20)13-8-3-2-6-11(13)15/h2-9H,15H2,1H3,(H2,16,20)/b18-10+. The summed E-state index contributed by atoms with van der Waals surface area (Å²) in [5.74, 6) is 0. The van der Waals surface area contributed by atoms with Gasteiger partial charge in [0.15, 0.2) is 5.11 Å². The molecule has 0 aliphatic carbocycles. The molecule has 1 heterocycles. The van der Waals surface area contributed by atoms with E-state index in [1.165, 1.54) is 5.01 Å². The Morgan fingerprint density at radius 3 is 2.50 bits per heavy atom. The molecule has 0 atom stereocenters. The van der Waals surface area contributed by atoms with E-state index in [9.17, 15) is 0 Å². The molecule has 1 aromatic heterocycles. The van der Waals surface area contributed by atoms with Crippen LogP contribution in [0.2, 0.25) is 0 Å². The Hall–Kier alpha value is -2.47. The number of anilines is 2. The van der Waals surface area contributed by atoms with E-state index >= 15 is 0 Å². The third-order valence-corrected chi connectivity index (χ3v) is 2.83. The highest BCUT2D eigenvalue weighted by atomic mass is 32.1. The molecule has 0 aliphatic heterocycles. The number of nitrogens with two attached hydrogens (primary N) is 2. The number of nitrogen functional groups attached to an aromatic ring is 1. The van der Waals surface area contributed by atoms with Gasteiger partial charge in [0.05, 0.1) is 22.8 Å². The lowest BCUT2D eigenvalue weighted by Crippen LogP contribution is -2.32. The van der Waals surface area contributed by atoms with Gasteiger partial charge in [-0.25, -0.2) is 5.01 Å². The van der Waals surface area contributed by atoms with E-state index in [1.54, 1.807) is 12.3 Å². The quantitative estimate of drug-likeness (QED) is 0.391. The Bertz CT molecular complexity index is 639. The van der Waals surface area contributed by atoms with Crippen molar-refractivity contribution in [3.8, 4) is 0 Å². The monoisotopic (exact) mass is 285 g/mol. The number of benzene rings is 1. The lowest BCUT2D eigenvalue weighted by molar-refractivity contribution is 1.12. The number of aromatic nitrogens is 1. The maximum atomic E-state index is 5.93. The molecule has 0 saturated carbocycles. The van der Waals surface area contributed by atoms with Crippen LogP contribution in [0.25, 0.3) is 0 Å². The number of nitrogens with zero attached hydrogens (tertiary/aromatic N) is 3. The molecule has 4 N–H and O–H groups in total. The first-order valence-corrected chi connectivity index (χ1v) is 6.41. The van der Waals surface area contributed by atoms with Gasteiger partial charge >= 0.3 is 0 Å². The van der Waals surface area contributed by atoms with Gasteiger partial charge in [-0.3, -0.25) is 4.98 Å². The van der Waals surface area contributed by atoms with Crippen molar-refractivity contribution in [2.24, 2.45) is 10.8 Å². The van der Waals surface area contributed by atoms with E-state index in [4.69, 9.17) is 23.7 Å². The lowest BCUT2D eigenvalue weighted by Gasteiger charge is -2.19. The summed E-state index contributed by atoms with van der Waals surface area (Å²) in [6.07, 6.45) is 1.70. The number of para-hydroxylation sites is 2. The summed E-state index contributed by atoms with van der Waals surface area (Å²) in [5, 5.41) is 5.98. The average Bonchev–Trinajstić information content (AvgIpc) is 2.46. The second-order valence-electron chi connectivity index (χ2n) is 4.11. The summed E-state index contributed by atoms with van der Waals surface area (Å²) in [5.41, 5.74) is 14.3. The van der Waals surface area contributed by atoms with E-state index in [0.717, 1.165) is 5.69 Å². The van der Waals surface area contributed by atoms with Gasteiger partial charge in [0, 0.05) is 6.20 Å². The Morgan fingerprint density at radius 1 is 1.20 bits per heavy atom. The zero-order valence-electron chi connectivity index (χ0n) is 11.0. The molecule has 0 bridgehead atoms. The van der Waals surface area contributed by atoms with Gasteiger partial charge < -0.3 is 11.5 Å². The second-order valence-corrected chi connectivity index (χ2v) is 4.53. The molecule has 0 unspecified atom stereocenters. The number of hydrazone groups is 1. The first kappa shape index (κ1) is 14.0. The number of pyridine rings is 1. The van der Waals surface area contributed by atoms with Crippen molar-refractivity contribution < 1.29 is 0 Å².